The van der Waals surface area contributed by atoms with Crippen molar-refractivity contribution in [3.05, 3.63) is 29.8 Å². The van der Waals surface area contributed by atoms with Gasteiger partial charge in [-0.3, -0.25) is 9.69 Å². The molecule has 1 fully saturated rings. The fourth-order valence-electron chi connectivity index (χ4n) is 3.19. The van der Waals surface area contributed by atoms with Crippen LogP contribution in [0.15, 0.2) is 24.3 Å². The Bertz CT molecular complexity index is 586. The van der Waals surface area contributed by atoms with E-state index < -0.39 is 5.54 Å². The summed E-state index contributed by atoms with van der Waals surface area (Å²) in [5.41, 5.74) is 0.566. The van der Waals surface area contributed by atoms with Crippen molar-refractivity contribution >= 4 is 5.91 Å². The normalized spacial score (nSPS) is 17.3. The first-order valence-corrected chi connectivity index (χ1v) is 8.53. The maximum atomic E-state index is 12.3. The average molecular weight is 329 g/mol. The summed E-state index contributed by atoms with van der Waals surface area (Å²) in [6.07, 6.45) is 4.41. The standard InChI is InChI=1S/C19H27N3O2/c1-15(12-16-6-8-17(24-3)9-7-16)22(2)13-18(23)21-19(14-20)10-4-5-11-19/h6-9,15H,4-5,10-13H2,1-3H3,(H,21,23)/t15-/m1/s1. The van der Waals surface area contributed by atoms with Gasteiger partial charge in [-0.15, -0.1) is 0 Å². The third kappa shape index (κ3) is 4.72. The molecule has 0 spiro atoms. The van der Waals surface area contributed by atoms with E-state index in [0.29, 0.717) is 6.54 Å². The second-order valence-corrected chi connectivity index (χ2v) is 6.77. The molecule has 0 heterocycles. The number of nitrogens with zero attached hydrogens (tertiary/aromatic N) is 2. The summed E-state index contributed by atoms with van der Waals surface area (Å²) in [5, 5.41) is 12.3. The molecule has 1 aliphatic rings. The molecule has 1 aromatic carbocycles. The number of carbonyl (C=O) groups is 1. The topological polar surface area (TPSA) is 65.4 Å². The summed E-state index contributed by atoms with van der Waals surface area (Å²) in [6.45, 7) is 2.41. The van der Waals surface area contributed by atoms with E-state index in [4.69, 9.17) is 4.74 Å². The van der Waals surface area contributed by atoms with E-state index >= 15 is 0 Å². The molecule has 1 saturated carbocycles. The monoisotopic (exact) mass is 329 g/mol. The minimum absolute atomic E-state index is 0.0671. The minimum atomic E-state index is -0.642. The lowest BCUT2D eigenvalue weighted by Crippen LogP contribution is -2.49. The zero-order chi connectivity index (χ0) is 17.6. The third-order valence-corrected chi connectivity index (χ3v) is 4.89. The van der Waals surface area contributed by atoms with Gasteiger partial charge in [-0.05, 0) is 63.8 Å². The van der Waals surface area contributed by atoms with Crippen LogP contribution in [-0.4, -0.2) is 43.1 Å². The Labute approximate surface area is 144 Å². The summed E-state index contributed by atoms with van der Waals surface area (Å²) in [7, 11) is 3.60. The number of carbonyl (C=O) groups excluding carboxylic acids is 1. The number of nitrogens with one attached hydrogen (secondary N) is 1. The number of amides is 1. The Hall–Kier alpha value is -2.06. The van der Waals surface area contributed by atoms with Crippen LogP contribution in [0, 0.1) is 11.3 Å². The highest BCUT2D eigenvalue weighted by atomic mass is 16.5. The van der Waals surface area contributed by atoms with Gasteiger partial charge in [0.2, 0.25) is 5.91 Å². The van der Waals surface area contributed by atoms with E-state index in [1.165, 1.54) is 5.56 Å². The van der Waals surface area contributed by atoms with Gasteiger partial charge in [0.1, 0.15) is 11.3 Å². The summed E-state index contributed by atoms with van der Waals surface area (Å²) >= 11 is 0. The lowest BCUT2D eigenvalue weighted by molar-refractivity contribution is -0.123. The number of ether oxygens (including phenoxy) is 1. The van der Waals surface area contributed by atoms with Gasteiger partial charge in [0.25, 0.3) is 0 Å². The fraction of sp³-hybridized carbons (Fsp3) is 0.579. The van der Waals surface area contributed by atoms with Crippen molar-refractivity contribution in [2.24, 2.45) is 0 Å². The first-order valence-electron chi connectivity index (χ1n) is 8.53. The number of rotatable bonds is 7. The second kappa shape index (κ2) is 8.16. The molecule has 1 amide bonds. The largest absolute Gasteiger partial charge is 0.497 e. The van der Waals surface area contributed by atoms with E-state index in [1.807, 2.05) is 36.2 Å². The van der Waals surface area contributed by atoms with Gasteiger partial charge in [0, 0.05) is 6.04 Å². The average Bonchev–Trinajstić information content (AvgIpc) is 3.04. The zero-order valence-electron chi connectivity index (χ0n) is 14.8. The predicted octanol–water partition coefficient (Wildman–Crippen LogP) is 2.51. The van der Waals surface area contributed by atoms with E-state index in [2.05, 4.69) is 18.3 Å². The minimum Gasteiger partial charge on any atom is -0.497 e. The van der Waals surface area contributed by atoms with E-state index in [-0.39, 0.29) is 11.9 Å². The number of nitriles is 1. The first kappa shape index (κ1) is 18.3. The zero-order valence-corrected chi connectivity index (χ0v) is 14.8. The van der Waals surface area contributed by atoms with Gasteiger partial charge in [-0.1, -0.05) is 12.1 Å². The number of benzene rings is 1. The molecule has 0 saturated heterocycles. The third-order valence-electron chi connectivity index (χ3n) is 4.89. The van der Waals surface area contributed by atoms with Gasteiger partial charge < -0.3 is 10.1 Å². The molecule has 0 aromatic heterocycles. The molecule has 1 atom stereocenters. The number of likely N-dealkylation sites (N-methyl/N-ethyl adjacent to an activating group) is 1. The Morgan fingerprint density at radius 3 is 2.54 bits per heavy atom. The van der Waals surface area contributed by atoms with Crippen LogP contribution in [0.5, 0.6) is 5.75 Å². The highest BCUT2D eigenvalue weighted by molar-refractivity contribution is 5.79. The van der Waals surface area contributed by atoms with Crippen LogP contribution in [-0.2, 0) is 11.2 Å². The predicted molar refractivity (Wildman–Crippen MR) is 93.7 cm³/mol. The van der Waals surface area contributed by atoms with Crippen LogP contribution >= 0.6 is 0 Å². The van der Waals surface area contributed by atoms with Crippen molar-refractivity contribution in [3.63, 3.8) is 0 Å². The summed E-state index contributed by atoms with van der Waals surface area (Å²) in [5.74, 6) is 0.778. The smallest absolute Gasteiger partial charge is 0.235 e. The summed E-state index contributed by atoms with van der Waals surface area (Å²) in [4.78, 5) is 14.3. The molecule has 0 unspecified atom stereocenters. The molecule has 24 heavy (non-hydrogen) atoms. The van der Waals surface area contributed by atoms with Crippen LogP contribution in [0.1, 0.15) is 38.2 Å². The molecular weight excluding hydrogens is 302 g/mol. The molecule has 5 heteroatoms. The summed E-state index contributed by atoms with van der Waals surface area (Å²) < 4.78 is 5.17. The van der Waals surface area contributed by atoms with Crippen LogP contribution < -0.4 is 10.1 Å². The van der Waals surface area contributed by atoms with Crippen molar-refractivity contribution in [1.82, 2.24) is 10.2 Å². The second-order valence-electron chi connectivity index (χ2n) is 6.77. The number of methoxy groups -OCH3 is 1. The van der Waals surface area contributed by atoms with Crippen molar-refractivity contribution in [3.8, 4) is 11.8 Å². The van der Waals surface area contributed by atoms with Crippen LogP contribution in [0.3, 0.4) is 0 Å². The highest BCUT2D eigenvalue weighted by Crippen LogP contribution is 2.28. The molecule has 5 nitrogen and oxygen atoms in total. The summed E-state index contributed by atoms with van der Waals surface area (Å²) in [6, 6.07) is 10.5. The van der Waals surface area contributed by atoms with Crippen LogP contribution in [0.2, 0.25) is 0 Å². The highest BCUT2D eigenvalue weighted by Gasteiger charge is 2.35. The van der Waals surface area contributed by atoms with E-state index in [9.17, 15) is 10.1 Å². The Morgan fingerprint density at radius 1 is 1.38 bits per heavy atom. The maximum absolute atomic E-state index is 12.3. The molecule has 0 bridgehead atoms. The van der Waals surface area contributed by atoms with E-state index in [0.717, 1.165) is 37.9 Å². The van der Waals surface area contributed by atoms with E-state index in [1.54, 1.807) is 7.11 Å². The molecule has 2 rings (SSSR count). The molecule has 1 aromatic rings. The fourth-order valence-corrected chi connectivity index (χ4v) is 3.19. The number of hydrogen-bond donors (Lipinski definition) is 1. The molecule has 130 valence electrons. The molecule has 0 radical (unpaired) electrons. The van der Waals surface area contributed by atoms with Crippen LogP contribution in [0.4, 0.5) is 0 Å². The first-order chi connectivity index (χ1) is 11.5. The van der Waals surface area contributed by atoms with Crippen LogP contribution in [0.25, 0.3) is 0 Å². The molecule has 1 N–H and O–H groups in total. The molecule has 0 aliphatic heterocycles. The number of hydrogen-bond acceptors (Lipinski definition) is 4. The maximum Gasteiger partial charge on any atom is 0.235 e. The van der Waals surface area contributed by atoms with Gasteiger partial charge in [0.05, 0.1) is 19.7 Å². The quantitative estimate of drug-likeness (QED) is 0.835. The lowest BCUT2D eigenvalue weighted by atomic mass is 10.00. The Balaban J connectivity index is 1.85. The van der Waals surface area contributed by atoms with Crippen molar-refractivity contribution < 1.29 is 9.53 Å². The molecule has 1 aliphatic carbocycles. The van der Waals surface area contributed by atoms with Gasteiger partial charge in [-0.25, -0.2) is 0 Å². The van der Waals surface area contributed by atoms with Gasteiger partial charge in [-0.2, -0.15) is 5.26 Å². The Kier molecular flexibility index (Phi) is 6.22. The molecular formula is C19H27N3O2. The van der Waals surface area contributed by atoms with Gasteiger partial charge in [0.15, 0.2) is 0 Å². The lowest BCUT2D eigenvalue weighted by Gasteiger charge is -2.27. The van der Waals surface area contributed by atoms with Crippen molar-refractivity contribution in [2.45, 2.75) is 50.6 Å². The SMILES string of the molecule is COc1ccc(C[C@@H](C)N(C)CC(=O)NC2(C#N)CCCC2)cc1. The van der Waals surface area contributed by atoms with Crippen molar-refractivity contribution in [2.75, 3.05) is 20.7 Å². The van der Waals surface area contributed by atoms with Crippen molar-refractivity contribution in [1.29, 1.82) is 5.26 Å². The van der Waals surface area contributed by atoms with Gasteiger partial charge >= 0.3 is 0 Å². The Morgan fingerprint density at radius 2 is 2.00 bits per heavy atom.